The Hall–Kier alpha value is -1.34. The molecule has 1 unspecified atom stereocenters. The normalized spacial score (nSPS) is 11.6. The van der Waals surface area contributed by atoms with Crippen LogP contribution in [0, 0.1) is 17.2 Å². The van der Waals surface area contributed by atoms with Crippen molar-refractivity contribution < 1.29 is 4.79 Å². The zero-order chi connectivity index (χ0) is 12.8. The Labute approximate surface area is 110 Å². The maximum atomic E-state index is 11.7. The molecule has 0 heterocycles. The molecule has 0 saturated heterocycles. The number of amides is 1. The van der Waals surface area contributed by atoms with Gasteiger partial charge in [0.1, 0.15) is 0 Å². The quantitative estimate of drug-likeness (QED) is 0.921. The van der Waals surface area contributed by atoms with Crippen LogP contribution in [0.4, 0.5) is 5.69 Å². The number of nitrogens with one attached hydrogen (secondary N) is 1. The van der Waals surface area contributed by atoms with Gasteiger partial charge in [0.2, 0.25) is 5.91 Å². The lowest BCUT2D eigenvalue weighted by Crippen LogP contribution is -2.15. The van der Waals surface area contributed by atoms with E-state index in [0.29, 0.717) is 23.6 Å². The Bertz CT molecular complexity index is 451. The molecule has 1 aromatic rings. The zero-order valence-electron chi connectivity index (χ0n) is 9.96. The Morgan fingerprint density at radius 1 is 1.59 bits per heavy atom. The highest BCUT2D eigenvalue weighted by Crippen LogP contribution is 2.24. The number of benzene rings is 1. The van der Waals surface area contributed by atoms with Gasteiger partial charge in [0.15, 0.2) is 0 Å². The van der Waals surface area contributed by atoms with E-state index in [1.165, 1.54) is 0 Å². The molecule has 1 N–H and O–H groups in total. The van der Waals surface area contributed by atoms with Gasteiger partial charge in [-0.25, -0.2) is 0 Å². The third-order valence-corrected chi connectivity index (χ3v) is 3.26. The van der Waals surface area contributed by atoms with E-state index in [9.17, 15) is 4.79 Å². The molecule has 0 aliphatic heterocycles. The van der Waals surface area contributed by atoms with Gasteiger partial charge in [-0.2, -0.15) is 5.26 Å². The van der Waals surface area contributed by atoms with Crippen molar-refractivity contribution in [1.82, 2.24) is 0 Å². The third-order valence-electron chi connectivity index (χ3n) is 2.60. The lowest BCUT2D eigenvalue weighted by atomic mass is 10.1. The number of hydrogen-bond donors (Lipinski definition) is 1. The fraction of sp³-hybridized carbons (Fsp3) is 0.385. The summed E-state index contributed by atoms with van der Waals surface area (Å²) in [4.78, 5) is 11.7. The minimum atomic E-state index is 0.00441. The predicted octanol–water partition coefficient (Wildman–Crippen LogP) is 3.70. The second-order valence-corrected chi connectivity index (χ2v) is 4.93. The molecule has 0 aliphatic carbocycles. The summed E-state index contributed by atoms with van der Waals surface area (Å²) in [7, 11) is 0. The maximum Gasteiger partial charge on any atom is 0.224 e. The summed E-state index contributed by atoms with van der Waals surface area (Å²) < 4.78 is 0.731. The van der Waals surface area contributed by atoms with E-state index in [4.69, 9.17) is 5.26 Å². The summed E-state index contributed by atoms with van der Waals surface area (Å²) in [5.74, 6) is 0.386. The van der Waals surface area contributed by atoms with Crippen LogP contribution < -0.4 is 5.32 Å². The molecule has 3 nitrogen and oxygen atoms in total. The molecule has 0 bridgehead atoms. The van der Waals surface area contributed by atoms with Crippen LogP contribution in [0.25, 0.3) is 0 Å². The zero-order valence-corrected chi connectivity index (χ0v) is 11.5. The fourth-order valence-corrected chi connectivity index (χ4v) is 1.83. The molecule has 0 spiro atoms. The molecule has 1 atom stereocenters. The Morgan fingerprint density at radius 3 is 2.82 bits per heavy atom. The van der Waals surface area contributed by atoms with E-state index in [1.54, 1.807) is 18.2 Å². The van der Waals surface area contributed by atoms with E-state index in [-0.39, 0.29) is 5.91 Å². The van der Waals surface area contributed by atoms with Crippen LogP contribution in [0.15, 0.2) is 22.7 Å². The van der Waals surface area contributed by atoms with Crippen LogP contribution in [0.1, 0.15) is 32.3 Å². The number of halogens is 1. The van der Waals surface area contributed by atoms with Gasteiger partial charge in [0.25, 0.3) is 0 Å². The number of nitrogens with zero attached hydrogens (tertiary/aromatic N) is 1. The molecule has 0 fully saturated rings. The topological polar surface area (TPSA) is 52.9 Å². The van der Waals surface area contributed by atoms with Gasteiger partial charge in [-0.05, 0) is 40.0 Å². The van der Waals surface area contributed by atoms with Crippen molar-refractivity contribution >= 4 is 27.5 Å². The second-order valence-electron chi connectivity index (χ2n) is 4.07. The highest BCUT2D eigenvalue weighted by molar-refractivity contribution is 9.10. The monoisotopic (exact) mass is 294 g/mol. The van der Waals surface area contributed by atoms with E-state index in [0.717, 1.165) is 10.9 Å². The highest BCUT2D eigenvalue weighted by Gasteiger charge is 2.09. The van der Waals surface area contributed by atoms with Crippen molar-refractivity contribution in [2.45, 2.75) is 26.7 Å². The first kappa shape index (κ1) is 13.7. The standard InChI is InChI=1S/C13H15BrN2O/c1-3-9(2)6-13(17)16-12-5-4-10(8-15)7-11(12)14/h4-5,7,9H,3,6H2,1-2H3,(H,16,17). The fourth-order valence-electron chi connectivity index (χ4n) is 1.35. The second kappa shape index (κ2) is 6.41. The van der Waals surface area contributed by atoms with Gasteiger partial charge >= 0.3 is 0 Å². The molecule has 1 amide bonds. The summed E-state index contributed by atoms with van der Waals surface area (Å²) in [6, 6.07) is 7.16. The predicted molar refractivity (Wildman–Crippen MR) is 71.6 cm³/mol. The Morgan fingerprint density at radius 2 is 2.29 bits per heavy atom. The molecule has 4 heteroatoms. The van der Waals surface area contributed by atoms with E-state index in [2.05, 4.69) is 28.2 Å². The number of nitriles is 1. The minimum Gasteiger partial charge on any atom is -0.325 e. The van der Waals surface area contributed by atoms with Gasteiger partial charge in [-0.15, -0.1) is 0 Å². The average molecular weight is 295 g/mol. The first-order valence-corrected chi connectivity index (χ1v) is 6.35. The molecule has 0 radical (unpaired) electrons. The van der Waals surface area contributed by atoms with Crippen LogP contribution >= 0.6 is 15.9 Å². The van der Waals surface area contributed by atoms with Crippen LogP contribution in [0.2, 0.25) is 0 Å². The van der Waals surface area contributed by atoms with Crippen molar-refractivity contribution in [3.8, 4) is 6.07 Å². The van der Waals surface area contributed by atoms with Crippen LogP contribution in [0.3, 0.4) is 0 Å². The lowest BCUT2D eigenvalue weighted by Gasteiger charge is -2.10. The lowest BCUT2D eigenvalue weighted by molar-refractivity contribution is -0.117. The summed E-state index contributed by atoms with van der Waals surface area (Å²) >= 11 is 3.33. The average Bonchev–Trinajstić information content (AvgIpc) is 2.31. The van der Waals surface area contributed by atoms with E-state index >= 15 is 0 Å². The SMILES string of the molecule is CCC(C)CC(=O)Nc1ccc(C#N)cc1Br. The summed E-state index contributed by atoms with van der Waals surface area (Å²) in [5.41, 5.74) is 1.27. The van der Waals surface area contributed by atoms with Crippen molar-refractivity contribution in [2.24, 2.45) is 5.92 Å². The molecule has 0 aromatic heterocycles. The number of rotatable bonds is 4. The largest absolute Gasteiger partial charge is 0.325 e. The highest BCUT2D eigenvalue weighted by atomic mass is 79.9. The molecular weight excluding hydrogens is 280 g/mol. The number of carbonyl (C=O) groups is 1. The molecule has 17 heavy (non-hydrogen) atoms. The summed E-state index contributed by atoms with van der Waals surface area (Å²) in [6.45, 7) is 4.11. The van der Waals surface area contributed by atoms with Crippen molar-refractivity contribution in [3.05, 3.63) is 28.2 Å². The minimum absolute atomic E-state index is 0.00441. The van der Waals surface area contributed by atoms with Crippen LogP contribution in [-0.2, 0) is 4.79 Å². The molecule has 1 rings (SSSR count). The number of hydrogen-bond acceptors (Lipinski definition) is 2. The summed E-state index contributed by atoms with van der Waals surface area (Å²) in [6.07, 6.45) is 1.50. The third kappa shape index (κ3) is 4.20. The molecule has 0 saturated carbocycles. The Balaban J connectivity index is 2.69. The number of anilines is 1. The van der Waals surface area contributed by atoms with Crippen LogP contribution in [0.5, 0.6) is 0 Å². The van der Waals surface area contributed by atoms with Crippen molar-refractivity contribution in [2.75, 3.05) is 5.32 Å². The first-order chi connectivity index (χ1) is 8.06. The van der Waals surface area contributed by atoms with Crippen molar-refractivity contribution in [3.63, 3.8) is 0 Å². The maximum absolute atomic E-state index is 11.7. The molecule has 90 valence electrons. The molecular formula is C13H15BrN2O. The molecule has 1 aromatic carbocycles. The van der Waals surface area contributed by atoms with Gasteiger partial charge in [0.05, 0.1) is 17.3 Å². The van der Waals surface area contributed by atoms with E-state index in [1.807, 2.05) is 13.0 Å². The van der Waals surface area contributed by atoms with E-state index < -0.39 is 0 Å². The summed E-state index contributed by atoms with van der Waals surface area (Å²) in [5, 5.41) is 11.6. The Kier molecular flexibility index (Phi) is 5.17. The van der Waals surface area contributed by atoms with Gasteiger partial charge in [0, 0.05) is 10.9 Å². The smallest absolute Gasteiger partial charge is 0.224 e. The van der Waals surface area contributed by atoms with Gasteiger partial charge in [-0.1, -0.05) is 20.3 Å². The van der Waals surface area contributed by atoms with Crippen molar-refractivity contribution in [1.29, 1.82) is 5.26 Å². The number of carbonyl (C=O) groups excluding carboxylic acids is 1. The molecule has 0 aliphatic rings. The van der Waals surface area contributed by atoms with Gasteiger partial charge < -0.3 is 5.32 Å². The van der Waals surface area contributed by atoms with Crippen LogP contribution in [-0.4, -0.2) is 5.91 Å². The van der Waals surface area contributed by atoms with Gasteiger partial charge in [-0.3, -0.25) is 4.79 Å². The first-order valence-electron chi connectivity index (χ1n) is 5.56.